The number of hydrogen-bond acceptors (Lipinski definition) is 6. The van der Waals surface area contributed by atoms with Crippen molar-refractivity contribution in [3.63, 3.8) is 0 Å². The summed E-state index contributed by atoms with van der Waals surface area (Å²) in [7, 11) is 1.34. The summed E-state index contributed by atoms with van der Waals surface area (Å²) in [6, 6.07) is 8.53. The van der Waals surface area contributed by atoms with E-state index in [9.17, 15) is 9.59 Å². The topological polar surface area (TPSA) is 84.7 Å². The Morgan fingerprint density at radius 2 is 1.82 bits per heavy atom. The maximum atomic E-state index is 12.9. The molecule has 1 amide bonds. The standard InChI is InChI=1S/C20H33N3O3S.ClH/c1-14(2)17(21)13-23(16-9-7-6-8-10-16)15(3)19(24)22-18(11-12-27-5)20(25)26-4;/h6-10,14-15,17-18H,11-13,21H2,1-5H3,(H,22,24);1H/t15-,17+,18-;/m0./s1. The second-order valence-corrected chi connectivity index (χ2v) is 7.92. The zero-order valence-electron chi connectivity index (χ0n) is 17.4. The van der Waals surface area contributed by atoms with Crippen LogP contribution in [0.25, 0.3) is 0 Å². The molecule has 0 aromatic heterocycles. The van der Waals surface area contributed by atoms with E-state index in [2.05, 4.69) is 19.2 Å². The van der Waals surface area contributed by atoms with Gasteiger partial charge >= 0.3 is 5.97 Å². The predicted molar refractivity (Wildman–Crippen MR) is 120 cm³/mol. The number of carbonyl (C=O) groups excluding carboxylic acids is 2. The van der Waals surface area contributed by atoms with Crippen molar-refractivity contribution in [3.05, 3.63) is 30.3 Å². The molecule has 0 unspecified atom stereocenters. The molecule has 1 aromatic rings. The molecule has 0 aliphatic heterocycles. The van der Waals surface area contributed by atoms with Crippen LogP contribution in [0.2, 0.25) is 0 Å². The molecule has 28 heavy (non-hydrogen) atoms. The predicted octanol–water partition coefficient (Wildman–Crippen LogP) is 2.70. The average molecular weight is 432 g/mol. The number of carbonyl (C=O) groups is 2. The maximum Gasteiger partial charge on any atom is 0.328 e. The largest absolute Gasteiger partial charge is 0.467 e. The first-order valence-electron chi connectivity index (χ1n) is 9.26. The Kier molecular flexibility index (Phi) is 13.0. The third-order valence-electron chi connectivity index (χ3n) is 4.61. The summed E-state index contributed by atoms with van der Waals surface area (Å²) in [5.41, 5.74) is 7.21. The van der Waals surface area contributed by atoms with Crippen molar-refractivity contribution in [1.29, 1.82) is 0 Å². The van der Waals surface area contributed by atoms with Crippen molar-refractivity contribution in [2.75, 3.05) is 30.6 Å². The van der Waals surface area contributed by atoms with Crippen LogP contribution in [0.3, 0.4) is 0 Å². The molecule has 0 radical (unpaired) electrons. The molecule has 8 heteroatoms. The lowest BCUT2D eigenvalue weighted by molar-refractivity contribution is -0.145. The van der Waals surface area contributed by atoms with Crippen molar-refractivity contribution >= 4 is 41.7 Å². The molecule has 3 N–H and O–H groups in total. The SMILES string of the molecule is COC(=O)[C@H](CCSC)NC(=O)[C@H](C)N(C[C@@H](N)C(C)C)c1ccccc1.Cl. The lowest BCUT2D eigenvalue weighted by Gasteiger charge is -2.34. The van der Waals surface area contributed by atoms with Gasteiger partial charge in [0.25, 0.3) is 0 Å². The number of nitrogens with zero attached hydrogens (tertiary/aromatic N) is 1. The number of para-hydroxylation sites is 1. The molecule has 0 heterocycles. The van der Waals surface area contributed by atoms with E-state index in [4.69, 9.17) is 10.5 Å². The highest BCUT2D eigenvalue weighted by molar-refractivity contribution is 7.98. The van der Waals surface area contributed by atoms with Gasteiger partial charge in [0.15, 0.2) is 0 Å². The van der Waals surface area contributed by atoms with E-state index in [1.54, 1.807) is 11.8 Å². The van der Waals surface area contributed by atoms with E-state index < -0.39 is 18.1 Å². The van der Waals surface area contributed by atoms with Crippen molar-refractivity contribution in [3.8, 4) is 0 Å². The summed E-state index contributed by atoms with van der Waals surface area (Å²) < 4.78 is 4.83. The number of halogens is 1. The van der Waals surface area contributed by atoms with E-state index in [1.807, 2.05) is 48.4 Å². The highest BCUT2D eigenvalue weighted by Crippen LogP contribution is 2.18. The molecule has 160 valence electrons. The molecule has 0 bridgehead atoms. The van der Waals surface area contributed by atoms with Crippen molar-refractivity contribution in [1.82, 2.24) is 5.32 Å². The third kappa shape index (κ3) is 8.29. The summed E-state index contributed by atoms with van der Waals surface area (Å²) in [6.07, 6.45) is 2.49. The Morgan fingerprint density at radius 1 is 1.21 bits per heavy atom. The number of hydrogen-bond donors (Lipinski definition) is 2. The molecule has 1 rings (SSSR count). The number of amides is 1. The number of anilines is 1. The minimum absolute atomic E-state index is 0. The van der Waals surface area contributed by atoms with Crippen molar-refractivity contribution in [2.24, 2.45) is 11.7 Å². The minimum Gasteiger partial charge on any atom is -0.467 e. The van der Waals surface area contributed by atoms with Gasteiger partial charge in [-0.3, -0.25) is 4.79 Å². The average Bonchev–Trinajstić information content (AvgIpc) is 2.68. The maximum absolute atomic E-state index is 12.9. The van der Waals surface area contributed by atoms with Gasteiger partial charge in [0.2, 0.25) is 5.91 Å². The van der Waals surface area contributed by atoms with Crippen molar-refractivity contribution in [2.45, 2.75) is 45.3 Å². The van der Waals surface area contributed by atoms with Gasteiger partial charge in [-0.1, -0.05) is 32.0 Å². The van der Waals surface area contributed by atoms with E-state index in [0.717, 1.165) is 11.4 Å². The molecule has 0 saturated carbocycles. The van der Waals surface area contributed by atoms with Crippen LogP contribution in [-0.4, -0.2) is 55.7 Å². The van der Waals surface area contributed by atoms with Crippen LogP contribution < -0.4 is 16.0 Å². The molecule has 0 aliphatic rings. The van der Waals surface area contributed by atoms with Crippen LogP contribution in [0.15, 0.2) is 30.3 Å². The van der Waals surface area contributed by atoms with Crippen LogP contribution in [0.5, 0.6) is 0 Å². The fourth-order valence-electron chi connectivity index (χ4n) is 2.61. The van der Waals surface area contributed by atoms with Gasteiger partial charge in [-0.05, 0) is 43.4 Å². The van der Waals surface area contributed by atoms with Crippen LogP contribution >= 0.6 is 24.2 Å². The summed E-state index contributed by atoms with van der Waals surface area (Å²) >= 11 is 1.62. The Hall–Kier alpha value is -1.44. The highest BCUT2D eigenvalue weighted by Gasteiger charge is 2.28. The van der Waals surface area contributed by atoms with Crippen LogP contribution in [0.1, 0.15) is 27.2 Å². The normalized spacial score (nSPS) is 13.8. The van der Waals surface area contributed by atoms with E-state index in [0.29, 0.717) is 13.0 Å². The molecule has 6 nitrogen and oxygen atoms in total. The van der Waals surface area contributed by atoms with Gasteiger partial charge in [-0.25, -0.2) is 4.79 Å². The van der Waals surface area contributed by atoms with Gasteiger partial charge in [0.05, 0.1) is 7.11 Å². The van der Waals surface area contributed by atoms with Crippen LogP contribution in [0.4, 0.5) is 5.69 Å². The summed E-state index contributed by atoms with van der Waals surface area (Å²) in [4.78, 5) is 26.9. The molecule has 0 spiro atoms. The molecular weight excluding hydrogens is 398 g/mol. The zero-order valence-corrected chi connectivity index (χ0v) is 19.0. The Balaban J connectivity index is 0.00000729. The minimum atomic E-state index is -0.645. The number of benzene rings is 1. The smallest absolute Gasteiger partial charge is 0.328 e. The molecule has 0 fully saturated rings. The number of nitrogens with one attached hydrogen (secondary N) is 1. The molecule has 0 saturated heterocycles. The van der Waals surface area contributed by atoms with Gasteiger partial charge < -0.3 is 20.7 Å². The number of esters is 1. The Bertz CT molecular complexity index is 589. The second kappa shape index (κ2) is 13.7. The number of nitrogens with two attached hydrogens (primary N) is 1. The lowest BCUT2D eigenvalue weighted by atomic mass is 10.0. The molecular formula is C20H34ClN3O3S. The number of methoxy groups -OCH3 is 1. The lowest BCUT2D eigenvalue weighted by Crippen LogP contribution is -2.54. The van der Waals surface area contributed by atoms with E-state index >= 15 is 0 Å². The summed E-state index contributed by atoms with van der Waals surface area (Å²) in [5, 5.41) is 2.85. The monoisotopic (exact) mass is 431 g/mol. The zero-order chi connectivity index (χ0) is 20.4. The van der Waals surface area contributed by atoms with Crippen LogP contribution in [0, 0.1) is 5.92 Å². The van der Waals surface area contributed by atoms with Gasteiger partial charge in [-0.15, -0.1) is 12.4 Å². The van der Waals surface area contributed by atoms with Gasteiger partial charge in [0, 0.05) is 18.3 Å². The Labute approximate surface area is 179 Å². The first kappa shape index (κ1) is 26.6. The summed E-state index contributed by atoms with van der Waals surface area (Å²) in [6.45, 7) is 6.50. The number of rotatable bonds is 11. The van der Waals surface area contributed by atoms with E-state index in [1.165, 1.54) is 7.11 Å². The fourth-order valence-corrected chi connectivity index (χ4v) is 3.08. The third-order valence-corrected chi connectivity index (χ3v) is 5.26. The first-order chi connectivity index (χ1) is 12.8. The summed E-state index contributed by atoms with van der Waals surface area (Å²) in [5.74, 6) is 0.409. The van der Waals surface area contributed by atoms with Crippen LogP contribution in [-0.2, 0) is 14.3 Å². The fraction of sp³-hybridized carbons (Fsp3) is 0.600. The number of ether oxygens (including phenoxy) is 1. The quantitative estimate of drug-likeness (QED) is 0.524. The Morgan fingerprint density at radius 3 is 2.32 bits per heavy atom. The second-order valence-electron chi connectivity index (χ2n) is 6.94. The number of thioether (sulfide) groups is 1. The van der Waals surface area contributed by atoms with Gasteiger partial charge in [0.1, 0.15) is 12.1 Å². The molecule has 0 aliphatic carbocycles. The highest BCUT2D eigenvalue weighted by atomic mass is 35.5. The van der Waals surface area contributed by atoms with Gasteiger partial charge in [-0.2, -0.15) is 11.8 Å². The first-order valence-corrected chi connectivity index (χ1v) is 10.7. The molecule has 1 aromatic carbocycles. The molecule has 3 atom stereocenters. The van der Waals surface area contributed by atoms with Crippen molar-refractivity contribution < 1.29 is 14.3 Å². The van der Waals surface area contributed by atoms with E-state index in [-0.39, 0.29) is 30.3 Å².